The zero-order valence-electron chi connectivity index (χ0n) is 49.6. The van der Waals surface area contributed by atoms with Crippen molar-refractivity contribution in [3.8, 4) is 46.0 Å². The molecule has 4 aromatic carbocycles. The van der Waals surface area contributed by atoms with E-state index in [4.69, 9.17) is 81.4 Å². The Morgan fingerprint density at radius 2 is 0.640 bits per heavy atom. The molecule has 0 amide bonds. The second-order valence-corrected chi connectivity index (χ2v) is 18.4. The first-order chi connectivity index (χ1) is 42.4. The van der Waals surface area contributed by atoms with Crippen molar-refractivity contribution < 1.29 is 91.0 Å². The molecule has 0 heterocycles. The van der Waals surface area contributed by atoms with Crippen LogP contribution in [0.25, 0.3) is 22.9 Å². The van der Waals surface area contributed by atoms with E-state index < -0.39 is 11.9 Å². The van der Waals surface area contributed by atoms with Crippen LogP contribution < -0.4 is 37.9 Å². The van der Waals surface area contributed by atoms with Gasteiger partial charge in [-0.25, -0.2) is 38.9 Å². The molecule has 0 aromatic heterocycles. The SMILES string of the molecule is C=CCOOCCCCOc1ccc(C=CC(=O)Oc2cccc3c(OC(=O)C=Cc4ccc(OCCCCOC=C)c(OCCCCOC=C)c4OCCCCOOCC=C)cccc23)c(OCCCCOC=C)c1OCCCCOOCC=C. The maximum Gasteiger partial charge on any atom is 0.336 e. The number of ether oxygens (including phenoxy) is 11. The molecule has 0 fully saturated rings. The monoisotopic (exact) mass is 1190 g/mol. The van der Waals surface area contributed by atoms with Gasteiger partial charge in [0.25, 0.3) is 0 Å². The van der Waals surface area contributed by atoms with Crippen molar-refractivity contribution in [3.05, 3.63) is 160 Å². The van der Waals surface area contributed by atoms with Gasteiger partial charge in [-0.05, 0) is 126 Å². The lowest BCUT2D eigenvalue weighted by molar-refractivity contribution is -0.286. The number of rotatable bonds is 54. The normalized spacial score (nSPS) is 11.0. The molecule has 0 radical (unpaired) electrons. The van der Waals surface area contributed by atoms with Gasteiger partial charge < -0.3 is 52.1 Å². The minimum absolute atomic E-state index is 0.235. The first-order valence-electron chi connectivity index (χ1n) is 29.0. The summed E-state index contributed by atoms with van der Waals surface area (Å²) in [5, 5.41) is 1.04. The summed E-state index contributed by atoms with van der Waals surface area (Å²) < 4.78 is 65.9. The fourth-order valence-corrected chi connectivity index (χ4v) is 7.64. The third-order valence-electron chi connectivity index (χ3n) is 11.8. The molecule has 0 atom stereocenters. The molecule has 0 aliphatic heterocycles. The van der Waals surface area contributed by atoms with E-state index in [-0.39, 0.29) is 24.7 Å². The molecular weight excluding hydrogens is 1110 g/mol. The number of unbranched alkanes of at least 4 members (excludes halogenated alkanes) is 6. The molecule has 0 N–H and O–H groups in total. The van der Waals surface area contributed by atoms with Crippen molar-refractivity contribution in [1.82, 2.24) is 0 Å². The second-order valence-electron chi connectivity index (χ2n) is 18.4. The van der Waals surface area contributed by atoms with Gasteiger partial charge in [-0.3, -0.25) is 0 Å². The van der Waals surface area contributed by atoms with Crippen molar-refractivity contribution in [3.63, 3.8) is 0 Å². The summed E-state index contributed by atoms with van der Waals surface area (Å²) in [5.74, 6) is 1.57. The van der Waals surface area contributed by atoms with Crippen LogP contribution in [0, 0.1) is 0 Å². The third-order valence-corrected chi connectivity index (χ3v) is 11.8. The Labute approximate surface area is 506 Å². The number of fused-ring (bicyclic) bond motifs is 1. The molecule has 0 saturated heterocycles. The van der Waals surface area contributed by atoms with Crippen LogP contribution in [-0.4, -0.2) is 111 Å². The van der Waals surface area contributed by atoms with Gasteiger partial charge in [0, 0.05) is 34.1 Å². The standard InChI is InChI=1S/C67H86O19/c1-7-39-79-82-51-22-19-46-74-61-36-32-54(64(75-47-17-14-43-71-11-5)67(61)78-50-21-24-53-84-81-41-9-3)33-37-62(68)85-58-29-25-28-57-56(58)27-26-30-59(57)86-63(69)38-34-55-31-35-60(73-45-16-13-42-70-10-4)66(77-49-18-15-44-72-12-6)65(55)76-48-20-23-52-83-80-40-8-2/h7-12,25-38H,1-6,13-24,39-53H2. The van der Waals surface area contributed by atoms with Gasteiger partial charge in [-0.15, -0.1) is 19.7 Å². The summed E-state index contributed by atoms with van der Waals surface area (Å²) in [6.45, 7) is 27.1. The lowest BCUT2D eigenvalue weighted by Gasteiger charge is -2.19. The van der Waals surface area contributed by atoms with Crippen LogP contribution in [0.15, 0.2) is 149 Å². The van der Waals surface area contributed by atoms with E-state index in [9.17, 15) is 9.59 Å². The molecule has 0 aliphatic carbocycles. The molecule has 86 heavy (non-hydrogen) atoms. The average molecular weight is 1200 g/mol. The molecule has 19 heteroatoms. The van der Waals surface area contributed by atoms with Gasteiger partial charge in [-0.2, -0.15) is 0 Å². The zero-order chi connectivity index (χ0) is 61.3. The predicted molar refractivity (Wildman–Crippen MR) is 329 cm³/mol. The lowest BCUT2D eigenvalue weighted by atomic mass is 10.1. The number of hydrogen-bond acceptors (Lipinski definition) is 19. The average Bonchev–Trinajstić information content (AvgIpc) is 1.48. The molecule has 0 spiro atoms. The van der Waals surface area contributed by atoms with Gasteiger partial charge >= 0.3 is 11.9 Å². The minimum atomic E-state index is -0.681. The summed E-state index contributed by atoms with van der Waals surface area (Å²) in [7, 11) is 0. The Morgan fingerprint density at radius 3 is 0.977 bits per heavy atom. The highest BCUT2D eigenvalue weighted by atomic mass is 17.2. The first kappa shape index (κ1) is 70.4. The summed E-state index contributed by atoms with van der Waals surface area (Å²) >= 11 is 0. The zero-order valence-corrected chi connectivity index (χ0v) is 49.6. The Morgan fingerprint density at radius 1 is 0.326 bits per heavy atom. The molecule has 0 aliphatic rings. The van der Waals surface area contributed by atoms with Gasteiger partial charge in [0.15, 0.2) is 23.0 Å². The Bertz CT molecular complexity index is 2680. The minimum Gasteiger partial charge on any atom is -0.502 e. The molecule has 468 valence electrons. The van der Waals surface area contributed by atoms with Crippen LogP contribution in [-0.2, 0) is 53.1 Å². The van der Waals surface area contributed by atoms with Crippen LogP contribution in [0.4, 0.5) is 0 Å². The number of carbonyl (C=O) groups excluding carboxylic acids is 2. The van der Waals surface area contributed by atoms with E-state index in [1.165, 1.54) is 30.9 Å². The molecule has 0 saturated carbocycles. The fourth-order valence-electron chi connectivity index (χ4n) is 7.64. The van der Waals surface area contributed by atoms with E-state index in [1.54, 1.807) is 91.0 Å². The Hall–Kier alpha value is -8.04. The van der Waals surface area contributed by atoms with Crippen LogP contribution in [0.3, 0.4) is 0 Å². The van der Waals surface area contributed by atoms with E-state index in [0.29, 0.717) is 206 Å². The van der Waals surface area contributed by atoms with Crippen molar-refractivity contribution >= 4 is 34.9 Å². The topological polar surface area (TPSA) is 191 Å². The van der Waals surface area contributed by atoms with Crippen molar-refractivity contribution in [2.45, 2.75) is 77.0 Å². The third kappa shape index (κ3) is 28.7. The number of esters is 2. The van der Waals surface area contributed by atoms with Gasteiger partial charge in [0.2, 0.25) is 11.5 Å². The maximum atomic E-state index is 13.8. The molecule has 0 unspecified atom stereocenters. The van der Waals surface area contributed by atoms with Crippen molar-refractivity contribution in [2.24, 2.45) is 0 Å². The highest BCUT2D eigenvalue weighted by Gasteiger charge is 2.21. The summed E-state index contributed by atoms with van der Waals surface area (Å²) in [6.07, 6.45) is 22.9. The highest BCUT2D eigenvalue weighted by molar-refractivity contribution is 5.99. The maximum absolute atomic E-state index is 13.8. The number of carbonyl (C=O) groups is 2. The lowest BCUT2D eigenvalue weighted by Crippen LogP contribution is -2.09. The Kier molecular flexibility index (Phi) is 37.9. The van der Waals surface area contributed by atoms with Gasteiger partial charge in [0.1, 0.15) is 31.3 Å². The van der Waals surface area contributed by atoms with Gasteiger partial charge in [-0.1, -0.05) is 62.2 Å². The predicted octanol–water partition coefficient (Wildman–Crippen LogP) is 13.9. The van der Waals surface area contributed by atoms with E-state index in [0.717, 1.165) is 12.8 Å². The van der Waals surface area contributed by atoms with E-state index in [2.05, 4.69) is 39.5 Å². The smallest absolute Gasteiger partial charge is 0.336 e. The number of hydrogen-bond donors (Lipinski definition) is 0. The highest BCUT2D eigenvalue weighted by Crippen LogP contribution is 2.43. The Balaban J connectivity index is 1.58. The first-order valence-corrected chi connectivity index (χ1v) is 29.0. The quantitative estimate of drug-likeness (QED) is 0.00592. The summed E-state index contributed by atoms with van der Waals surface area (Å²) in [4.78, 5) is 58.3. The van der Waals surface area contributed by atoms with Crippen molar-refractivity contribution in [1.29, 1.82) is 0 Å². The number of benzene rings is 4. The second kappa shape index (κ2) is 46.3. The van der Waals surface area contributed by atoms with E-state index >= 15 is 0 Å². The summed E-state index contributed by atoms with van der Waals surface area (Å²) in [6, 6.07) is 17.4. The van der Waals surface area contributed by atoms with Gasteiger partial charge in [0.05, 0.1) is 98.1 Å². The molecular formula is C67H86O19. The molecule has 19 nitrogen and oxygen atoms in total. The fraction of sp³-hybridized carbons (Fsp3) is 0.403. The van der Waals surface area contributed by atoms with Crippen molar-refractivity contribution in [2.75, 3.05) is 99.1 Å². The molecule has 0 bridgehead atoms. The van der Waals surface area contributed by atoms with Crippen LogP contribution in [0.5, 0.6) is 46.0 Å². The van der Waals surface area contributed by atoms with Crippen LogP contribution >= 0.6 is 0 Å². The molecule has 4 aromatic rings. The van der Waals surface area contributed by atoms with Crippen LogP contribution in [0.2, 0.25) is 0 Å². The molecule has 4 rings (SSSR count). The largest absolute Gasteiger partial charge is 0.502 e. The van der Waals surface area contributed by atoms with Crippen LogP contribution in [0.1, 0.15) is 88.2 Å². The summed E-state index contributed by atoms with van der Waals surface area (Å²) in [5.41, 5.74) is 1.08. The van der Waals surface area contributed by atoms with E-state index in [1.807, 2.05) is 0 Å².